The largest absolute Gasteiger partial charge is 0.481 e. The minimum Gasteiger partial charge on any atom is -0.481 e. The smallest absolute Gasteiger partial charge is 0.307 e. The molecule has 0 aliphatic heterocycles. The van der Waals surface area contributed by atoms with Crippen molar-refractivity contribution < 1.29 is 14.7 Å². The predicted octanol–water partition coefficient (Wildman–Crippen LogP) is 1.35. The van der Waals surface area contributed by atoms with Gasteiger partial charge in [0.1, 0.15) is 0 Å². The average molecular weight is 245 g/mol. The maximum absolute atomic E-state index is 11.6. The summed E-state index contributed by atoms with van der Waals surface area (Å²) < 4.78 is 0. The Morgan fingerprint density at radius 3 is 2.69 bits per heavy atom. The summed E-state index contributed by atoms with van der Waals surface area (Å²) in [6.45, 7) is 4.07. The van der Waals surface area contributed by atoms with E-state index >= 15 is 0 Å². The number of aliphatic carboxylic acids is 1. The third-order valence-corrected chi connectivity index (χ3v) is 3.67. The maximum atomic E-state index is 11.6. The number of hydrogen-bond acceptors (Lipinski definition) is 3. The number of nitrogens with one attached hydrogen (secondary N) is 1. The van der Waals surface area contributed by atoms with Gasteiger partial charge >= 0.3 is 5.97 Å². The van der Waals surface area contributed by atoms with Crippen molar-refractivity contribution in [2.75, 3.05) is 11.5 Å². The fourth-order valence-electron chi connectivity index (χ4n) is 1.58. The zero-order valence-electron chi connectivity index (χ0n) is 9.73. The molecule has 0 radical (unpaired) electrons. The van der Waals surface area contributed by atoms with Crippen LogP contribution in [0.4, 0.5) is 0 Å². The van der Waals surface area contributed by atoms with Gasteiger partial charge in [0.05, 0.1) is 11.8 Å². The summed E-state index contributed by atoms with van der Waals surface area (Å²) in [5, 5.41) is 11.6. The van der Waals surface area contributed by atoms with Gasteiger partial charge in [-0.25, -0.2) is 0 Å². The minimum atomic E-state index is -0.852. The van der Waals surface area contributed by atoms with Crippen LogP contribution in [0.15, 0.2) is 0 Å². The van der Waals surface area contributed by atoms with Crippen LogP contribution in [0.25, 0.3) is 0 Å². The Balaban J connectivity index is 2.17. The van der Waals surface area contributed by atoms with Crippen LogP contribution < -0.4 is 5.32 Å². The molecule has 0 bridgehead atoms. The van der Waals surface area contributed by atoms with Crippen LogP contribution in [-0.4, -0.2) is 34.5 Å². The molecule has 0 saturated heterocycles. The van der Waals surface area contributed by atoms with Gasteiger partial charge in [0.25, 0.3) is 0 Å². The molecule has 1 aliphatic rings. The predicted molar refractivity (Wildman–Crippen MR) is 64.5 cm³/mol. The summed E-state index contributed by atoms with van der Waals surface area (Å²) in [4.78, 5) is 22.2. The van der Waals surface area contributed by atoms with Crippen molar-refractivity contribution in [1.82, 2.24) is 5.32 Å². The molecule has 1 amide bonds. The summed E-state index contributed by atoms with van der Waals surface area (Å²) in [7, 11) is 0. The molecule has 0 aromatic rings. The number of carbonyl (C=O) groups is 2. The molecule has 16 heavy (non-hydrogen) atoms. The molecule has 0 heterocycles. The van der Waals surface area contributed by atoms with E-state index in [-0.39, 0.29) is 17.9 Å². The van der Waals surface area contributed by atoms with E-state index in [1.807, 2.05) is 18.7 Å². The van der Waals surface area contributed by atoms with E-state index in [1.165, 1.54) is 0 Å². The molecule has 0 spiro atoms. The molecule has 2 N–H and O–H groups in total. The van der Waals surface area contributed by atoms with Gasteiger partial charge in [0, 0.05) is 6.04 Å². The first kappa shape index (κ1) is 13.4. The first-order valence-corrected chi connectivity index (χ1v) is 6.82. The first-order valence-electron chi connectivity index (χ1n) is 5.67. The normalized spacial score (nSPS) is 24.9. The summed E-state index contributed by atoms with van der Waals surface area (Å²) in [5.74, 6) is 0.432. The van der Waals surface area contributed by atoms with Crippen LogP contribution in [0, 0.1) is 11.8 Å². The molecule has 1 fully saturated rings. The van der Waals surface area contributed by atoms with Gasteiger partial charge < -0.3 is 10.4 Å². The van der Waals surface area contributed by atoms with E-state index in [9.17, 15) is 9.59 Å². The number of thioether (sulfide) groups is 1. The molecule has 1 aliphatic carbocycles. The summed E-state index contributed by atoms with van der Waals surface area (Å²) in [6.07, 6.45) is 1.44. The van der Waals surface area contributed by atoms with Gasteiger partial charge in [-0.2, -0.15) is 11.8 Å². The number of carboxylic acids is 1. The molecule has 3 unspecified atom stereocenters. The topological polar surface area (TPSA) is 66.4 Å². The van der Waals surface area contributed by atoms with Gasteiger partial charge in [-0.05, 0) is 31.3 Å². The minimum absolute atomic E-state index is 0.0959. The van der Waals surface area contributed by atoms with Gasteiger partial charge in [-0.1, -0.05) is 6.92 Å². The Hall–Kier alpha value is -0.710. The van der Waals surface area contributed by atoms with Gasteiger partial charge in [-0.15, -0.1) is 0 Å². The van der Waals surface area contributed by atoms with E-state index < -0.39 is 11.9 Å². The molecular formula is C11H19NO3S. The second-order valence-corrected chi connectivity index (χ2v) is 5.58. The van der Waals surface area contributed by atoms with Crippen molar-refractivity contribution in [3.8, 4) is 0 Å². The van der Waals surface area contributed by atoms with E-state index in [4.69, 9.17) is 5.11 Å². The lowest BCUT2D eigenvalue weighted by molar-refractivity contribution is -0.140. The molecule has 0 aromatic carbocycles. The van der Waals surface area contributed by atoms with Crippen LogP contribution >= 0.6 is 11.8 Å². The van der Waals surface area contributed by atoms with Crippen LogP contribution in [0.5, 0.6) is 0 Å². The Kier molecular flexibility index (Phi) is 5.12. The molecular weight excluding hydrogens is 226 g/mol. The highest BCUT2D eigenvalue weighted by molar-refractivity contribution is 7.99. The Labute approximate surface area is 100 Å². The highest BCUT2D eigenvalue weighted by atomic mass is 32.2. The van der Waals surface area contributed by atoms with E-state index in [2.05, 4.69) is 12.2 Å². The lowest BCUT2D eigenvalue weighted by atomic mass is 10.2. The van der Waals surface area contributed by atoms with Gasteiger partial charge in [0.15, 0.2) is 0 Å². The molecule has 92 valence electrons. The third kappa shape index (κ3) is 4.04. The van der Waals surface area contributed by atoms with Crippen molar-refractivity contribution in [3.63, 3.8) is 0 Å². The SMILES string of the molecule is CCSCCC(C)NC(=O)C1CC1C(=O)O. The second kappa shape index (κ2) is 6.13. The van der Waals surface area contributed by atoms with Crippen LogP contribution in [0.2, 0.25) is 0 Å². The quantitative estimate of drug-likeness (QED) is 0.665. The Bertz CT molecular complexity index is 270. The molecule has 0 aromatic heterocycles. The molecule has 3 atom stereocenters. The van der Waals surface area contributed by atoms with Crippen molar-refractivity contribution in [2.24, 2.45) is 11.8 Å². The molecule has 1 rings (SSSR count). The monoisotopic (exact) mass is 245 g/mol. The second-order valence-electron chi connectivity index (χ2n) is 4.18. The molecule has 5 heteroatoms. The standard InChI is InChI=1S/C11H19NO3S/c1-3-16-5-4-7(2)12-10(13)8-6-9(8)11(14)15/h7-9H,3-6H2,1-2H3,(H,12,13)(H,14,15). The molecule has 4 nitrogen and oxygen atoms in total. The lowest BCUT2D eigenvalue weighted by Gasteiger charge is -2.13. The van der Waals surface area contributed by atoms with Gasteiger partial charge in [0.2, 0.25) is 5.91 Å². The summed E-state index contributed by atoms with van der Waals surface area (Å²) in [6, 6.07) is 0.140. The van der Waals surface area contributed by atoms with Crippen molar-refractivity contribution >= 4 is 23.6 Å². The Morgan fingerprint density at radius 1 is 1.50 bits per heavy atom. The number of carboxylic acid groups (broad SMARTS) is 1. The van der Waals surface area contributed by atoms with E-state index in [0.717, 1.165) is 17.9 Å². The fraction of sp³-hybridized carbons (Fsp3) is 0.818. The fourth-order valence-corrected chi connectivity index (χ4v) is 2.39. The van der Waals surface area contributed by atoms with Crippen molar-refractivity contribution in [1.29, 1.82) is 0 Å². The van der Waals surface area contributed by atoms with E-state index in [1.54, 1.807) is 0 Å². The summed E-state index contributed by atoms with van der Waals surface area (Å²) >= 11 is 1.85. The highest BCUT2D eigenvalue weighted by Crippen LogP contribution is 2.38. The highest BCUT2D eigenvalue weighted by Gasteiger charge is 2.48. The average Bonchev–Trinajstić information content (AvgIpc) is 2.97. The number of rotatable bonds is 7. The van der Waals surface area contributed by atoms with Crippen LogP contribution in [0.3, 0.4) is 0 Å². The van der Waals surface area contributed by atoms with Crippen molar-refractivity contribution in [3.05, 3.63) is 0 Å². The third-order valence-electron chi connectivity index (χ3n) is 2.73. The van der Waals surface area contributed by atoms with E-state index in [0.29, 0.717) is 6.42 Å². The number of carbonyl (C=O) groups excluding carboxylic acids is 1. The van der Waals surface area contributed by atoms with Crippen LogP contribution in [-0.2, 0) is 9.59 Å². The number of amides is 1. The molecule has 1 saturated carbocycles. The van der Waals surface area contributed by atoms with Crippen molar-refractivity contribution in [2.45, 2.75) is 32.7 Å². The van der Waals surface area contributed by atoms with Gasteiger partial charge in [-0.3, -0.25) is 9.59 Å². The van der Waals surface area contributed by atoms with Crippen LogP contribution in [0.1, 0.15) is 26.7 Å². The first-order chi connectivity index (χ1) is 7.56. The zero-order chi connectivity index (χ0) is 12.1. The number of hydrogen-bond donors (Lipinski definition) is 2. The maximum Gasteiger partial charge on any atom is 0.307 e. The Morgan fingerprint density at radius 2 is 2.19 bits per heavy atom. The zero-order valence-corrected chi connectivity index (χ0v) is 10.5. The summed E-state index contributed by atoms with van der Waals surface area (Å²) in [5.41, 5.74) is 0. The lowest BCUT2D eigenvalue weighted by Crippen LogP contribution is -2.34.